The number of carboxylic acids is 1. The van der Waals surface area contributed by atoms with E-state index in [-0.39, 0.29) is 11.4 Å². The topological polar surface area (TPSA) is 81.1 Å². The molecular formula is C11H8F3N3O2. The molecule has 0 aliphatic heterocycles. The maximum atomic E-state index is 12.7. The quantitative estimate of drug-likeness (QED) is 0.820. The summed E-state index contributed by atoms with van der Waals surface area (Å²) in [7, 11) is 0. The Morgan fingerprint density at radius 2 is 1.95 bits per heavy atom. The van der Waals surface area contributed by atoms with Gasteiger partial charge < -0.3 is 10.8 Å². The maximum absolute atomic E-state index is 12.7. The van der Waals surface area contributed by atoms with E-state index in [0.29, 0.717) is 0 Å². The van der Waals surface area contributed by atoms with E-state index in [1.54, 1.807) is 12.1 Å². The molecule has 0 unspecified atom stereocenters. The number of nitrogens with zero attached hydrogens (tertiary/aromatic N) is 2. The molecule has 1 aromatic heterocycles. The number of rotatable bonds is 2. The van der Waals surface area contributed by atoms with Gasteiger partial charge in [0.1, 0.15) is 5.56 Å². The summed E-state index contributed by atoms with van der Waals surface area (Å²) in [6.07, 6.45) is -4.06. The minimum Gasteiger partial charge on any atom is -0.478 e. The van der Waals surface area contributed by atoms with Crippen molar-refractivity contribution in [2.75, 3.05) is 5.73 Å². The van der Waals surface area contributed by atoms with E-state index in [0.717, 1.165) is 10.9 Å². The van der Waals surface area contributed by atoms with Crippen molar-refractivity contribution >= 4 is 11.7 Å². The average molecular weight is 271 g/mol. The summed E-state index contributed by atoms with van der Waals surface area (Å²) in [5.74, 6) is -1.70. The van der Waals surface area contributed by atoms with Crippen molar-refractivity contribution in [2.24, 2.45) is 0 Å². The third-order valence-corrected chi connectivity index (χ3v) is 2.40. The van der Waals surface area contributed by atoms with Gasteiger partial charge >= 0.3 is 12.1 Å². The lowest BCUT2D eigenvalue weighted by molar-refractivity contribution is -0.141. The van der Waals surface area contributed by atoms with Gasteiger partial charge in [-0.05, 0) is 12.1 Å². The predicted octanol–water partition coefficient (Wildman–Crippen LogP) is 2.17. The molecule has 0 radical (unpaired) electrons. The van der Waals surface area contributed by atoms with Crippen LogP contribution < -0.4 is 5.73 Å². The second-order valence-electron chi connectivity index (χ2n) is 3.70. The van der Waals surface area contributed by atoms with Crippen LogP contribution in [0, 0.1) is 0 Å². The van der Waals surface area contributed by atoms with Gasteiger partial charge in [0.2, 0.25) is 0 Å². The summed E-state index contributed by atoms with van der Waals surface area (Å²) >= 11 is 0. The molecule has 0 atom stereocenters. The van der Waals surface area contributed by atoms with Crippen molar-refractivity contribution in [3.05, 3.63) is 41.7 Å². The van der Waals surface area contributed by atoms with E-state index in [9.17, 15) is 18.0 Å². The number of nitrogen functional groups attached to an aromatic ring is 1. The smallest absolute Gasteiger partial charge is 0.436 e. The highest BCUT2D eigenvalue weighted by molar-refractivity contribution is 5.89. The number of alkyl halides is 3. The third kappa shape index (κ3) is 2.37. The van der Waals surface area contributed by atoms with Crippen molar-refractivity contribution in [3.63, 3.8) is 0 Å². The molecule has 0 bridgehead atoms. The number of nitrogens with two attached hydrogens (primary N) is 1. The number of anilines is 1. The van der Waals surface area contributed by atoms with E-state index in [4.69, 9.17) is 10.8 Å². The third-order valence-electron chi connectivity index (χ3n) is 2.40. The van der Waals surface area contributed by atoms with Gasteiger partial charge in [-0.1, -0.05) is 12.1 Å². The Labute approximate surface area is 105 Å². The van der Waals surface area contributed by atoms with Gasteiger partial charge in [0.25, 0.3) is 0 Å². The normalized spacial score (nSPS) is 11.5. The molecule has 5 nitrogen and oxygen atoms in total. The van der Waals surface area contributed by atoms with Crippen LogP contribution in [0.5, 0.6) is 0 Å². The average Bonchev–Trinajstić information content (AvgIpc) is 2.74. The Balaban J connectivity index is 2.62. The molecule has 0 spiro atoms. The minimum atomic E-state index is -4.84. The molecule has 2 rings (SSSR count). The first-order valence-corrected chi connectivity index (χ1v) is 5.05. The zero-order valence-corrected chi connectivity index (χ0v) is 9.35. The molecule has 100 valence electrons. The zero-order chi connectivity index (χ0) is 14.2. The monoisotopic (exact) mass is 271 g/mol. The minimum absolute atomic E-state index is 0.181. The van der Waals surface area contributed by atoms with Gasteiger partial charge in [-0.25, -0.2) is 9.48 Å². The number of carbonyl (C=O) groups is 1. The van der Waals surface area contributed by atoms with E-state index in [2.05, 4.69) is 5.10 Å². The predicted molar refractivity (Wildman–Crippen MR) is 59.9 cm³/mol. The standard InChI is InChI=1S/C11H8F3N3O2/c12-11(13,14)9-6(10(18)19)5-17(16-9)8-4-2-1-3-7(8)15/h1-5H,15H2,(H,18,19). The van der Waals surface area contributed by atoms with Crippen molar-refractivity contribution in [1.29, 1.82) is 0 Å². The Hall–Kier alpha value is -2.51. The van der Waals surface area contributed by atoms with Crippen LogP contribution >= 0.6 is 0 Å². The van der Waals surface area contributed by atoms with E-state index >= 15 is 0 Å². The molecule has 1 aromatic carbocycles. The van der Waals surface area contributed by atoms with Gasteiger partial charge in [0.15, 0.2) is 5.69 Å². The largest absolute Gasteiger partial charge is 0.478 e. The number of para-hydroxylation sites is 2. The van der Waals surface area contributed by atoms with Crippen molar-refractivity contribution in [2.45, 2.75) is 6.18 Å². The number of benzene rings is 1. The van der Waals surface area contributed by atoms with Crippen LogP contribution in [0.25, 0.3) is 5.69 Å². The summed E-state index contributed by atoms with van der Waals surface area (Å²) in [6.45, 7) is 0. The van der Waals surface area contributed by atoms with E-state index in [1.165, 1.54) is 12.1 Å². The summed E-state index contributed by atoms with van der Waals surface area (Å²) in [4.78, 5) is 10.8. The molecule has 2 aromatic rings. The molecule has 19 heavy (non-hydrogen) atoms. The Morgan fingerprint density at radius 3 is 2.42 bits per heavy atom. The molecule has 0 aliphatic carbocycles. The lowest BCUT2D eigenvalue weighted by atomic mass is 10.2. The van der Waals surface area contributed by atoms with Gasteiger partial charge in [0, 0.05) is 6.20 Å². The summed E-state index contributed by atoms with van der Waals surface area (Å²) in [6, 6.07) is 6.07. The van der Waals surface area contributed by atoms with Crippen LogP contribution in [0.3, 0.4) is 0 Å². The van der Waals surface area contributed by atoms with Crippen LogP contribution in [0.2, 0.25) is 0 Å². The second kappa shape index (κ2) is 4.30. The first kappa shape index (κ1) is 12.9. The molecule has 8 heteroatoms. The first-order valence-electron chi connectivity index (χ1n) is 5.05. The molecule has 0 saturated heterocycles. The molecular weight excluding hydrogens is 263 g/mol. The Morgan fingerprint density at radius 1 is 1.32 bits per heavy atom. The number of hydrogen-bond acceptors (Lipinski definition) is 3. The van der Waals surface area contributed by atoms with Gasteiger partial charge in [-0.2, -0.15) is 18.3 Å². The van der Waals surface area contributed by atoms with Crippen LogP contribution in [-0.4, -0.2) is 20.9 Å². The van der Waals surface area contributed by atoms with Gasteiger partial charge in [0.05, 0.1) is 11.4 Å². The fourth-order valence-corrected chi connectivity index (χ4v) is 1.56. The molecule has 0 amide bonds. The molecule has 0 aliphatic rings. The highest BCUT2D eigenvalue weighted by atomic mass is 19.4. The Bertz CT molecular complexity index is 634. The fraction of sp³-hybridized carbons (Fsp3) is 0.0909. The SMILES string of the molecule is Nc1ccccc1-n1cc(C(=O)O)c(C(F)(F)F)n1. The van der Waals surface area contributed by atoms with Crippen molar-refractivity contribution < 1.29 is 23.1 Å². The van der Waals surface area contributed by atoms with E-state index < -0.39 is 23.4 Å². The van der Waals surface area contributed by atoms with Gasteiger partial charge in [-0.15, -0.1) is 0 Å². The van der Waals surface area contributed by atoms with E-state index in [1.807, 2.05) is 0 Å². The molecule has 0 fully saturated rings. The second-order valence-corrected chi connectivity index (χ2v) is 3.70. The Kier molecular flexibility index (Phi) is 2.93. The van der Waals surface area contributed by atoms with Crippen LogP contribution in [0.1, 0.15) is 16.1 Å². The zero-order valence-electron chi connectivity index (χ0n) is 9.35. The lowest BCUT2D eigenvalue weighted by Crippen LogP contribution is -2.12. The van der Waals surface area contributed by atoms with Crippen LogP contribution in [-0.2, 0) is 6.18 Å². The maximum Gasteiger partial charge on any atom is 0.436 e. The lowest BCUT2D eigenvalue weighted by Gasteiger charge is -2.05. The number of hydrogen-bond donors (Lipinski definition) is 2. The molecule has 1 heterocycles. The summed E-state index contributed by atoms with van der Waals surface area (Å²) < 4.78 is 38.8. The highest BCUT2D eigenvalue weighted by Crippen LogP contribution is 2.31. The van der Waals surface area contributed by atoms with Crippen LogP contribution in [0.15, 0.2) is 30.5 Å². The van der Waals surface area contributed by atoms with Crippen molar-refractivity contribution in [3.8, 4) is 5.69 Å². The number of aromatic nitrogens is 2. The molecule has 0 saturated carbocycles. The van der Waals surface area contributed by atoms with Crippen LogP contribution in [0.4, 0.5) is 18.9 Å². The summed E-state index contributed by atoms with van der Waals surface area (Å²) in [5.41, 5.74) is 3.60. The number of aromatic carboxylic acids is 1. The van der Waals surface area contributed by atoms with Gasteiger partial charge in [-0.3, -0.25) is 0 Å². The number of carboxylic acid groups (broad SMARTS) is 1. The fourth-order valence-electron chi connectivity index (χ4n) is 1.56. The number of halogens is 3. The first-order chi connectivity index (χ1) is 8.80. The van der Waals surface area contributed by atoms with Crippen molar-refractivity contribution in [1.82, 2.24) is 9.78 Å². The summed E-state index contributed by atoms with van der Waals surface area (Å²) in [5, 5.41) is 12.0. The molecule has 3 N–H and O–H groups in total. The highest BCUT2D eigenvalue weighted by Gasteiger charge is 2.39.